The molecular weight excluding hydrogens is 178 g/mol. The van der Waals surface area contributed by atoms with Crippen LogP contribution in [0.15, 0.2) is 12.5 Å². The molecule has 0 aliphatic rings. The lowest BCUT2D eigenvalue weighted by Gasteiger charge is -2.15. The van der Waals surface area contributed by atoms with E-state index in [0.29, 0.717) is 6.04 Å². The highest BCUT2D eigenvalue weighted by Gasteiger charge is 2.03. The molecule has 1 rings (SSSR count). The number of aromatic nitrogens is 2. The van der Waals surface area contributed by atoms with E-state index in [-0.39, 0.29) is 0 Å². The van der Waals surface area contributed by atoms with E-state index in [1.54, 1.807) is 13.4 Å². The fraction of sp³-hybridized carbons (Fsp3) is 0.700. The molecule has 1 aromatic rings. The molecule has 0 bridgehead atoms. The van der Waals surface area contributed by atoms with Crippen molar-refractivity contribution in [3.8, 4) is 0 Å². The first-order valence-electron chi connectivity index (χ1n) is 5.06. The van der Waals surface area contributed by atoms with Crippen LogP contribution >= 0.6 is 0 Å². The van der Waals surface area contributed by atoms with E-state index in [9.17, 15) is 0 Å². The molecule has 80 valence electrons. The maximum atomic E-state index is 5.10. The molecule has 0 radical (unpaired) electrons. The van der Waals surface area contributed by atoms with Gasteiger partial charge in [-0.25, -0.2) is 4.98 Å². The minimum atomic E-state index is 0.461. The normalized spacial score (nSPS) is 13.0. The molecular formula is C10H19N3O. The van der Waals surface area contributed by atoms with Gasteiger partial charge in [-0.15, -0.1) is 0 Å². The maximum absolute atomic E-state index is 5.10. The lowest BCUT2D eigenvalue weighted by Crippen LogP contribution is -2.34. The molecule has 0 aliphatic heterocycles. The lowest BCUT2D eigenvalue weighted by molar-refractivity contribution is 0.164. The number of imidazole rings is 1. The smallest absolute Gasteiger partial charge is 0.0921 e. The van der Waals surface area contributed by atoms with Gasteiger partial charge in [0.15, 0.2) is 0 Å². The van der Waals surface area contributed by atoms with E-state index < -0.39 is 0 Å². The number of H-pyrrole nitrogens is 1. The summed E-state index contributed by atoms with van der Waals surface area (Å²) >= 11 is 0. The van der Waals surface area contributed by atoms with Crippen molar-refractivity contribution in [2.75, 3.05) is 20.3 Å². The fourth-order valence-corrected chi connectivity index (χ4v) is 1.35. The number of nitrogens with one attached hydrogen (secondary N) is 2. The Labute approximate surface area is 85.1 Å². The van der Waals surface area contributed by atoms with Crippen LogP contribution in [0.3, 0.4) is 0 Å². The van der Waals surface area contributed by atoms with E-state index in [0.717, 1.165) is 26.0 Å². The highest BCUT2D eigenvalue weighted by atomic mass is 16.5. The first-order valence-corrected chi connectivity index (χ1v) is 5.06. The summed E-state index contributed by atoms with van der Waals surface area (Å²) in [4.78, 5) is 7.05. The second-order valence-electron chi connectivity index (χ2n) is 3.34. The van der Waals surface area contributed by atoms with Crippen LogP contribution in [0, 0.1) is 0 Å². The van der Waals surface area contributed by atoms with Crippen LogP contribution in [0.25, 0.3) is 0 Å². The molecule has 14 heavy (non-hydrogen) atoms. The van der Waals surface area contributed by atoms with Crippen molar-refractivity contribution < 1.29 is 4.74 Å². The monoisotopic (exact) mass is 197 g/mol. The first kappa shape index (κ1) is 11.2. The Morgan fingerprint density at radius 3 is 3.07 bits per heavy atom. The van der Waals surface area contributed by atoms with Gasteiger partial charge in [0.1, 0.15) is 0 Å². The van der Waals surface area contributed by atoms with Crippen LogP contribution in [0.1, 0.15) is 19.0 Å². The number of hydrogen-bond acceptors (Lipinski definition) is 3. The third-order valence-electron chi connectivity index (χ3n) is 2.24. The molecule has 4 nitrogen and oxygen atoms in total. The van der Waals surface area contributed by atoms with Crippen molar-refractivity contribution in [2.45, 2.75) is 25.8 Å². The summed E-state index contributed by atoms with van der Waals surface area (Å²) in [6.07, 6.45) is 5.65. The third-order valence-corrected chi connectivity index (χ3v) is 2.24. The van der Waals surface area contributed by atoms with Gasteiger partial charge < -0.3 is 15.0 Å². The van der Waals surface area contributed by atoms with Gasteiger partial charge in [-0.3, -0.25) is 0 Å². The zero-order chi connectivity index (χ0) is 10.2. The predicted octanol–water partition coefficient (Wildman–Crippen LogP) is 0.967. The minimum absolute atomic E-state index is 0.461. The first-order chi connectivity index (χ1) is 6.86. The molecule has 0 amide bonds. The molecule has 1 aromatic heterocycles. The van der Waals surface area contributed by atoms with Gasteiger partial charge in [0.25, 0.3) is 0 Å². The molecule has 1 unspecified atom stereocenters. The van der Waals surface area contributed by atoms with Crippen molar-refractivity contribution in [1.82, 2.24) is 15.3 Å². The Balaban J connectivity index is 2.13. The van der Waals surface area contributed by atoms with Crippen LogP contribution in [-0.2, 0) is 11.2 Å². The molecule has 0 saturated carbocycles. The van der Waals surface area contributed by atoms with Crippen molar-refractivity contribution in [2.24, 2.45) is 0 Å². The Hall–Kier alpha value is -0.870. The van der Waals surface area contributed by atoms with Gasteiger partial charge in [0.2, 0.25) is 0 Å². The molecule has 4 heteroatoms. The summed E-state index contributed by atoms with van der Waals surface area (Å²) in [7, 11) is 1.74. The number of hydrogen-bond donors (Lipinski definition) is 2. The van der Waals surface area contributed by atoms with E-state index in [1.807, 2.05) is 6.20 Å². The largest absolute Gasteiger partial charge is 0.383 e. The van der Waals surface area contributed by atoms with Gasteiger partial charge in [-0.2, -0.15) is 0 Å². The van der Waals surface area contributed by atoms with E-state index in [2.05, 4.69) is 22.2 Å². The zero-order valence-corrected chi connectivity index (χ0v) is 8.92. The topological polar surface area (TPSA) is 49.9 Å². The number of methoxy groups -OCH3 is 1. The predicted molar refractivity (Wildman–Crippen MR) is 56.2 cm³/mol. The van der Waals surface area contributed by atoms with Crippen molar-refractivity contribution in [1.29, 1.82) is 0 Å². The quantitative estimate of drug-likeness (QED) is 0.684. The summed E-state index contributed by atoms with van der Waals surface area (Å²) in [5, 5.41) is 3.44. The summed E-state index contributed by atoms with van der Waals surface area (Å²) < 4.78 is 5.10. The lowest BCUT2D eigenvalue weighted by atomic mass is 10.2. The fourth-order valence-electron chi connectivity index (χ4n) is 1.35. The number of ether oxygens (including phenoxy) is 1. The van der Waals surface area contributed by atoms with Crippen LogP contribution in [0.2, 0.25) is 0 Å². The third kappa shape index (κ3) is 3.89. The Kier molecular flexibility index (Phi) is 5.25. The molecule has 0 saturated heterocycles. The molecule has 0 spiro atoms. The second kappa shape index (κ2) is 6.56. The standard InChI is InChI=1S/C10H19N3O/c1-3-9(7-14-2)12-5-4-10-6-11-8-13-10/h6,8-9,12H,3-5,7H2,1-2H3,(H,11,13). The molecule has 1 heterocycles. The zero-order valence-electron chi connectivity index (χ0n) is 8.92. The van der Waals surface area contributed by atoms with E-state index in [1.165, 1.54) is 5.69 Å². The maximum Gasteiger partial charge on any atom is 0.0921 e. The molecule has 2 N–H and O–H groups in total. The van der Waals surface area contributed by atoms with Crippen molar-refractivity contribution in [3.63, 3.8) is 0 Å². The summed E-state index contributed by atoms with van der Waals surface area (Å²) in [5.74, 6) is 0. The average Bonchev–Trinajstić information content (AvgIpc) is 2.69. The van der Waals surface area contributed by atoms with Crippen LogP contribution in [-0.4, -0.2) is 36.3 Å². The number of aromatic amines is 1. The summed E-state index contributed by atoms with van der Waals surface area (Å²) in [6.45, 7) is 3.90. The molecule has 0 fully saturated rings. The Morgan fingerprint density at radius 1 is 1.64 bits per heavy atom. The number of nitrogens with zero attached hydrogens (tertiary/aromatic N) is 1. The average molecular weight is 197 g/mol. The highest BCUT2D eigenvalue weighted by molar-refractivity contribution is 4.94. The Morgan fingerprint density at radius 2 is 2.50 bits per heavy atom. The van der Waals surface area contributed by atoms with Gasteiger partial charge in [-0.1, -0.05) is 6.92 Å². The van der Waals surface area contributed by atoms with Crippen LogP contribution in [0.5, 0.6) is 0 Å². The molecule has 1 atom stereocenters. The van der Waals surface area contributed by atoms with Crippen LogP contribution < -0.4 is 5.32 Å². The van der Waals surface area contributed by atoms with Crippen molar-refractivity contribution in [3.05, 3.63) is 18.2 Å². The van der Waals surface area contributed by atoms with Gasteiger partial charge in [0, 0.05) is 38.0 Å². The van der Waals surface area contributed by atoms with Gasteiger partial charge in [-0.05, 0) is 6.42 Å². The number of rotatable bonds is 7. The summed E-state index contributed by atoms with van der Waals surface area (Å²) in [6, 6.07) is 0.461. The molecule has 0 aliphatic carbocycles. The SMILES string of the molecule is CCC(COC)NCCc1cnc[nH]1. The van der Waals surface area contributed by atoms with Crippen LogP contribution in [0.4, 0.5) is 0 Å². The van der Waals surface area contributed by atoms with E-state index in [4.69, 9.17) is 4.74 Å². The van der Waals surface area contributed by atoms with E-state index >= 15 is 0 Å². The molecule has 0 aromatic carbocycles. The van der Waals surface area contributed by atoms with Crippen molar-refractivity contribution >= 4 is 0 Å². The Bertz CT molecular complexity index is 223. The second-order valence-corrected chi connectivity index (χ2v) is 3.34. The van der Waals surface area contributed by atoms with Gasteiger partial charge >= 0.3 is 0 Å². The minimum Gasteiger partial charge on any atom is -0.383 e. The highest BCUT2D eigenvalue weighted by Crippen LogP contribution is 1.94. The summed E-state index contributed by atoms with van der Waals surface area (Å²) in [5.41, 5.74) is 1.17. The van der Waals surface area contributed by atoms with Gasteiger partial charge in [0.05, 0.1) is 12.9 Å².